The number of carbonyl (C=O) groups is 1. The molecular weight excluding hydrogens is 1030 g/mol. The molecule has 20 atom stereocenters. The van der Waals surface area contributed by atoms with Gasteiger partial charge in [-0.05, 0) is 110 Å². The van der Waals surface area contributed by atoms with Crippen LogP contribution in [0, 0.1) is 23.7 Å². The van der Waals surface area contributed by atoms with Gasteiger partial charge in [0.15, 0.2) is 6.29 Å². The Morgan fingerprint density at radius 3 is 2.24 bits per heavy atom. The lowest BCUT2D eigenvalue weighted by molar-refractivity contribution is -0.302. The van der Waals surface area contributed by atoms with Crippen LogP contribution in [0.2, 0.25) is 0 Å². The molecule has 0 saturated carbocycles. The number of nitrogens with zero attached hydrogens (tertiary/aromatic N) is 8. The van der Waals surface area contributed by atoms with Crippen molar-refractivity contribution in [2.24, 2.45) is 23.7 Å². The Balaban J connectivity index is 1.24. The van der Waals surface area contributed by atoms with E-state index in [1.165, 1.54) is 25.8 Å². The minimum Gasteiger partial charge on any atom is -0.459 e. The molecule has 1 unspecified atom stereocenters. The van der Waals surface area contributed by atoms with Gasteiger partial charge in [-0.25, -0.2) is 13.8 Å². The number of alkyl halides is 1. The molecule has 3 aliphatic rings. The third kappa shape index (κ3) is 14.5. The van der Waals surface area contributed by atoms with Gasteiger partial charge in [0.1, 0.15) is 48.8 Å². The van der Waals surface area contributed by atoms with E-state index >= 15 is 4.39 Å². The van der Waals surface area contributed by atoms with Crippen molar-refractivity contribution in [3.05, 3.63) is 53.6 Å². The van der Waals surface area contributed by atoms with Crippen LogP contribution in [0.3, 0.4) is 0 Å². The Labute approximate surface area is 466 Å². The summed E-state index contributed by atoms with van der Waals surface area (Å²) >= 11 is 1.77. The van der Waals surface area contributed by atoms with Crippen molar-refractivity contribution in [3.8, 4) is 5.69 Å². The van der Waals surface area contributed by atoms with E-state index in [4.69, 9.17) is 28.4 Å². The quantitative estimate of drug-likeness (QED) is 0.104. The maximum absolute atomic E-state index is 15.0. The molecule has 2 aromatic heterocycles. The van der Waals surface area contributed by atoms with Crippen LogP contribution >= 0.6 is 11.8 Å². The van der Waals surface area contributed by atoms with Crippen LogP contribution in [-0.4, -0.2) is 209 Å². The predicted molar refractivity (Wildman–Crippen MR) is 293 cm³/mol. The highest BCUT2D eigenvalue weighted by Crippen LogP contribution is 2.45. The summed E-state index contributed by atoms with van der Waals surface area (Å²) in [6.07, 6.45) is -4.41. The first kappa shape index (κ1) is 63.9. The number of aliphatic hydroxyl groups excluding tert-OH is 3. The van der Waals surface area contributed by atoms with Crippen LogP contribution in [0.5, 0.6) is 0 Å². The van der Waals surface area contributed by atoms with Crippen LogP contribution < -0.4 is 0 Å². The number of benzene rings is 1. The Bertz CT molecular complexity index is 2330. The molecule has 0 radical (unpaired) electrons. The van der Waals surface area contributed by atoms with Gasteiger partial charge in [-0.2, -0.15) is 11.8 Å². The molecule has 3 fully saturated rings. The number of ether oxygens (including phenoxy) is 6. The number of thioether (sulfide) groups is 1. The van der Waals surface area contributed by atoms with Crippen LogP contribution in [0.25, 0.3) is 5.69 Å². The van der Waals surface area contributed by atoms with Gasteiger partial charge in [0.25, 0.3) is 0 Å². The molecule has 20 nitrogen and oxygen atoms in total. The second-order valence-corrected chi connectivity index (χ2v) is 24.7. The van der Waals surface area contributed by atoms with Gasteiger partial charge in [0, 0.05) is 70.1 Å². The third-order valence-corrected chi connectivity index (χ3v) is 18.2. The summed E-state index contributed by atoms with van der Waals surface area (Å²) in [6.45, 7) is 20.0. The fourth-order valence-corrected chi connectivity index (χ4v) is 13.1. The highest BCUT2D eigenvalue weighted by molar-refractivity contribution is 7.98. The zero-order valence-corrected chi connectivity index (χ0v) is 49.6. The van der Waals surface area contributed by atoms with Gasteiger partial charge in [-0.1, -0.05) is 57.2 Å². The number of halogens is 1. The molecule has 1 aromatic carbocycles. The van der Waals surface area contributed by atoms with Crippen molar-refractivity contribution in [3.63, 3.8) is 0 Å². The summed E-state index contributed by atoms with van der Waals surface area (Å²) in [7, 11) is 6.81. The molecule has 78 heavy (non-hydrogen) atoms. The van der Waals surface area contributed by atoms with E-state index in [2.05, 4.69) is 27.5 Å². The first-order valence-corrected chi connectivity index (χ1v) is 29.1. The lowest BCUT2D eigenvalue weighted by Gasteiger charge is -2.51. The smallest absolute Gasteiger partial charge is 0.309 e. The fourth-order valence-electron chi connectivity index (χ4n) is 12.6. The Morgan fingerprint density at radius 2 is 1.62 bits per heavy atom. The Hall–Kier alpha value is -3.23. The molecule has 0 amide bonds. The van der Waals surface area contributed by atoms with Gasteiger partial charge in [-0.3, -0.25) is 4.79 Å². The van der Waals surface area contributed by atoms with E-state index in [9.17, 15) is 30.3 Å². The molecule has 0 bridgehead atoms. The van der Waals surface area contributed by atoms with E-state index in [1.54, 1.807) is 64.2 Å². The number of carbonyl (C=O) groups excluding carboxylic acids is 1. The highest BCUT2D eigenvalue weighted by atomic mass is 32.2. The highest BCUT2D eigenvalue weighted by Gasteiger charge is 2.55. The van der Waals surface area contributed by atoms with E-state index in [0.717, 1.165) is 28.5 Å². The van der Waals surface area contributed by atoms with Crippen LogP contribution in [0.15, 0.2) is 36.7 Å². The number of esters is 1. The zero-order chi connectivity index (χ0) is 57.6. The standard InChI is InChI=1S/C56H93FN8O12S/c1-16-45-56(11,71)49(67)36(7)63(13)28-32(3)25-54(9,70)51(34(5)46(35(6)52(69)76-45)44-26-55(10,73-15)50(68)37(8)75-44)77-53-47(66)42(24-33(4)74-53)62(12)23-22-39-29-65(61-58-39)43(27-57)48(72-14)38-18-20-41(21-19-38)64-30-40(59-60-64)31-78-17-2/h18-21,29-30,32-37,42-51,53,66-68,70-71H,16-17,22-28,31H2,1-15H3/t32-,33-,34+,35-,36-,37+,42+,43-,44?,45-,46+,47-,48-,49-,50+,51-,53+,54-,55-,56-/m1/s1. The third-order valence-electron chi connectivity index (χ3n) is 17.3. The van der Waals surface area contributed by atoms with Crippen LogP contribution in [0.4, 0.5) is 4.39 Å². The SMILES string of the molecule is CCSCc1cn(-c2ccc([C@@H](OC)[C@@H](CF)n3cc(CCN(C)[C@H]4C[C@@H](C)O[C@@H](O[C@@H]5[C@@H](C)[C@H](C6C[C@@](C)(OC)[C@@H](O)[C@H](C)O6)[C@@H](C)C(=O)O[C@H](CC)[C@@](C)(O)[C@H](O)[C@@H](C)N(C)C[C@H](C)C[C@@]5(C)O)[C@@H]4O)nn3)cc2)nn1. The molecule has 0 spiro atoms. The van der Waals surface area contributed by atoms with Crippen LogP contribution in [0.1, 0.15) is 131 Å². The number of aliphatic hydroxyl groups is 5. The molecular formula is C56H93FN8O12S. The topological polar surface area (TPSA) is 241 Å². The van der Waals surface area contributed by atoms with E-state index in [0.29, 0.717) is 31.6 Å². The zero-order valence-electron chi connectivity index (χ0n) is 48.8. The number of cyclic esters (lactones) is 1. The van der Waals surface area contributed by atoms with Gasteiger partial charge >= 0.3 is 5.97 Å². The largest absolute Gasteiger partial charge is 0.459 e. The molecule has 442 valence electrons. The second-order valence-electron chi connectivity index (χ2n) is 23.5. The minimum atomic E-state index is -1.83. The van der Waals surface area contributed by atoms with E-state index < -0.39 is 127 Å². The van der Waals surface area contributed by atoms with Crippen molar-refractivity contribution in [2.45, 2.75) is 210 Å². The Kier molecular flexibility index (Phi) is 22.3. The van der Waals surface area contributed by atoms with Gasteiger partial charge < -0.3 is 63.8 Å². The summed E-state index contributed by atoms with van der Waals surface area (Å²) < 4.78 is 56.4. The van der Waals surface area contributed by atoms with Crippen molar-refractivity contribution in [2.75, 3.05) is 53.8 Å². The number of aromatic nitrogens is 6. The normalized spacial score (nSPS) is 37.9. The second kappa shape index (κ2) is 27.2. The lowest BCUT2D eigenvalue weighted by atomic mass is 9.68. The molecule has 3 aromatic rings. The average Bonchev–Trinajstić information content (AvgIpc) is 4.10. The maximum Gasteiger partial charge on any atom is 0.309 e. The molecule has 3 aliphatic heterocycles. The van der Waals surface area contributed by atoms with Crippen molar-refractivity contribution >= 4 is 17.7 Å². The van der Waals surface area contributed by atoms with Gasteiger partial charge in [-0.15, -0.1) is 10.2 Å². The van der Waals surface area contributed by atoms with E-state index in [-0.39, 0.29) is 25.2 Å². The summed E-state index contributed by atoms with van der Waals surface area (Å²) in [5, 5.41) is 77.7. The molecule has 3 saturated heterocycles. The number of hydrogen-bond acceptors (Lipinski definition) is 19. The van der Waals surface area contributed by atoms with Crippen LogP contribution in [-0.2, 0) is 45.4 Å². The molecule has 5 heterocycles. The van der Waals surface area contributed by atoms with E-state index in [1.807, 2.05) is 75.1 Å². The molecule has 5 N–H and O–H groups in total. The molecule has 0 aliphatic carbocycles. The summed E-state index contributed by atoms with van der Waals surface area (Å²) in [6, 6.07) is 5.69. The monoisotopic (exact) mass is 1120 g/mol. The number of hydrogen-bond donors (Lipinski definition) is 5. The summed E-state index contributed by atoms with van der Waals surface area (Å²) in [5.74, 6) is -1.51. The Morgan fingerprint density at radius 1 is 0.936 bits per heavy atom. The predicted octanol–water partition coefficient (Wildman–Crippen LogP) is 5.11. The van der Waals surface area contributed by atoms with Crippen molar-refractivity contribution in [1.29, 1.82) is 0 Å². The molecule has 22 heteroatoms. The molecule has 6 rings (SSSR count). The maximum atomic E-state index is 15.0. The average molecular weight is 1120 g/mol. The van der Waals surface area contributed by atoms with Crippen molar-refractivity contribution in [1.82, 2.24) is 39.8 Å². The summed E-state index contributed by atoms with van der Waals surface area (Å²) in [5.41, 5.74) is -1.46. The minimum absolute atomic E-state index is 0.170. The van der Waals surface area contributed by atoms with Gasteiger partial charge in [0.2, 0.25) is 0 Å². The first-order chi connectivity index (χ1) is 36.7. The van der Waals surface area contributed by atoms with Crippen molar-refractivity contribution < 1.29 is 63.1 Å². The number of rotatable bonds is 18. The summed E-state index contributed by atoms with van der Waals surface area (Å²) in [4.78, 5) is 18.6. The first-order valence-electron chi connectivity index (χ1n) is 28.0. The number of methoxy groups -OCH3 is 2. The number of likely N-dealkylation sites (N-methyl/N-ethyl adjacent to an activating group) is 2. The lowest BCUT2D eigenvalue weighted by Crippen LogP contribution is -2.62. The van der Waals surface area contributed by atoms with Gasteiger partial charge in [0.05, 0.1) is 64.8 Å². The fraction of sp³-hybridized carbons (Fsp3) is 0.804.